The number of carboxylic acids is 2. The van der Waals surface area contributed by atoms with Crippen LogP contribution in [0.3, 0.4) is 0 Å². The average Bonchev–Trinajstić information content (AvgIpc) is 2.91. The van der Waals surface area contributed by atoms with Crippen LogP contribution in [0.5, 0.6) is 0 Å². The Labute approximate surface area is 195 Å². The molecule has 0 unspecified atom stereocenters. The minimum absolute atomic E-state index is 0.129. The van der Waals surface area contributed by atoms with Gasteiger partial charge in [-0.3, -0.25) is 24.2 Å². The molecule has 1 heterocycles. The molecule has 1 rings (SSSR count). The zero-order chi connectivity index (χ0) is 26.3. The molecule has 0 aromatic rings. The quantitative estimate of drug-likeness (QED) is 0.0895. The molecule has 0 aromatic carbocycles. The number of nitrogens with two attached hydrogens (primary N) is 2. The van der Waals surface area contributed by atoms with Crippen LogP contribution in [0, 0.1) is 5.92 Å². The maximum absolute atomic E-state index is 13.1. The van der Waals surface area contributed by atoms with Gasteiger partial charge in [-0.15, -0.1) is 0 Å². The van der Waals surface area contributed by atoms with Crippen LogP contribution < -0.4 is 16.8 Å². The number of likely N-dealkylation sites (N-methyl/N-ethyl adjacent to an activating group) is 1. The lowest BCUT2D eigenvalue weighted by atomic mass is 10.0. The number of aliphatic imine (C=N–C) groups is 1. The molecule has 1 saturated heterocycles. The smallest absolute Gasteiger partial charge is 0.346 e. The number of hydrogen-bond donors (Lipinski definition) is 5. The summed E-state index contributed by atoms with van der Waals surface area (Å²) in [5.74, 6) is -6.56. The van der Waals surface area contributed by atoms with E-state index in [4.69, 9.17) is 11.5 Å². The number of carbonyl (C=O) groups excluding carboxylic acids is 4. The van der Waals surface area contributed by atoms with Crippen LogP contribution in [0.1, 0.15) is 40.0 Å². The van der Waals surface area contributed by atoms with Crippen molar-refractivity contribution in [2.45, 2.75) is 58.2 Å². The minimum Gasteiger partial charge on any atom is -0.481 e. The van der Waals surface area contributed by atoms with Gasteiger partial charge in [-0.2, -0.15) is 5.01 Å². The van der Waals surface area contributed by atoms with Gasteiger partial charge < -0.3 is 31.9 Å². The lowest BCUT2D eigenvalue weighted by molar-refractivity contribution is -0.165. The summed E-state index contributed by atoms with van der Waals surface area (Å²) in [6.07, 6.45) is -0.538. The van der Waals surface area contributed by atoms with Crippen LogP contribution in [0.25, 0.3) is 0 Å². The first-order chi connectivity index (χ1) is 15.7. The van der Waals surface area contributed by atoms with E-state index in [1.165, 1.54) is 20.9 Å². The number of guanidine groups is 1. The van der Waals surface area contributed by atoms with E-state index in [1.54, 1.807) is 0 Å². The number of urea groups is 1. The fourth-order valence-corrected chi connectivity index (χ4v) is 3.41. The van der Waals surface area contributed by atoms with Gasteiger partial charge in [0.2, 0.25) is 11.8 Å². The standard InChI is InChI=1S/C19H31N7O8/c1-9(2)14(17(32)33)23-15(30)12(8-13(28)29)25(10(3)27)26-16(31)11(24(4)19(26)34)6-5-7-22-18(20)21/h9,11-12,14H,5-8H2,1-4H3,(H,23,30)(H,28,29)(H,32,33)(H4,20,21,22)/t11-,12-,14-/m0/s1. The zero-order valence-corrected chi connectivity index (χ0v) is 19.4. The van der Waals surface area contributed by atoms with Crippen molar-refractivity contribution in [3.8, 4) is 0 Å². The molecular formula is C19H31N7O8. The summed E-state index contributed by atoms with van der Waals surface area (Å²) in [5, 5.41) is 21.7. The molecular weight excluding hydrogens is 454 g/mol. The van der Waals surface area contributed by atoms with Crippen LogP contribution in [0.2, 0.25) is 0 Å². The lowest BCUT2D eigenvalue weighted by Gasteiger charge is -2.34. The predicted octanol–water partition coefficient (Wildman–Crippen LogP) is -1.87. The third-order valence-electron chi connectivity index (χ3n) is 5.11. The van der Waals surface area contributed by atoms with Gasteiger partial charge in [-0.25, -0.2) is 14.6 Å². The third-order valence-corrected chi connectivity index (χ3v) is 5.11. The van der Waals surface area contributed by atoms with Crippen LogP contribution >= 0.6 is 0 Å². The van der Waals surface area contributed by atoms with E-state index in [1.807, 2.05) is 0 Å². The average molecular weight is 485 g/mol. The van der Waals surface area contributed by atoms with Crippen LogP contribution in [0.4, 0.5) is 4.79 Å². The molecule has 0 bridgehead atoms. The Morgan fingerprint density at radius 2 is 1.76 bits per heavy atom. The molecule has 0 aliphatic carbocycles. The number of imide groups is 1. The van der Waals surface area contributed by atoms with E-state index in [-0.39, 0.29) is 18.9 Å². The van der Waals surface area contributed by atoms with Crippen molar-refractivity contribution < 1.29 is 39.0 Å². The van der Waals surface area contributed by atoms with E-state index in [2.05, 4.69) is 10.3 Å². The van der Waals surface area contributed by atoms with E-state index in [0.29, 0.717) is 16.4 Å². The van der Waals surface area contributed by atoms with Crippen LogP contribution in [0.15, 0.2) is 4.99 Å². The first-order valence-corrected chi connectivity index (χ1v) is 10.4. The number of nitrogens with one attached hydrogen (secondary N) is 1. The summed E-state index contributed by atoms with van der Waals surface area (Å²) in [4.78, 5) is 79.1. The molecule has 3 atom stereocenters. The first kappa shape index (κ1) is 28.1. The maximum atomic E-state index is 13.1. The Morgan fingerprint density at radius 3 is 2.21 bits per heavy atom. The molecule has 7 N–H and O–H groups in total. The van der Waals surface area contributed by atoms with Gasteiger partial charge in [-0.05, 0) is 18.8 Å². The Bertz CT molecular complexity index is 871. The molecule has 0 aromatic heterocycles. The molecule has 1 aliphatic rings. The van der Waals surface area contributed by atoms with E-state index in [0.717, 1.165) is 11.8 Å². The van der Waals surface area contributed by atoms with Gasteiger partial charge in [0, 0.05) is 20.5 Å². The Balaban J connectivity index is 3.28. The molecule has 1 aliphatic heterocycles. The fourth-order valence-electron chi connectivity index (χ4n) is 3.41. The minimum atomic E-state index is -1.86. The number of rotatable bonds is 12. The molecule has 15 heteroatoms. The van der Waals surface area contributed by atoms with Crippen molar-refractivity contribution >= 4 is 41.7 Å². The largest absolute Gasteiger partial charge is 0.481 e. The second-order valence-electron chi connectivity index (χ2n) is 8.05. The molecule has 34 heavy (non-hydrogen) atoms. The van der Waals surface area contributed by atoms with Crippen molar-refractivity contribution in [1.29, 1.82) is 0 Å². The Hall–Kier alpha value is -3.91. The summed E-state index contributed by atoms with van der Waals surface area (Å²) >= 11 is 0. The number of amides is 5. The van der Waals surface area contributed by atoms with Gasteiger partial charge in [0.05, 0.1) is 6.42 Å². The predicted molar refractivity (Wildman–Crippen MR) is 117 cm³/mol. The van der Waals surface area contributed by atoms with E-state index < -0.39 is 66.2 Å². The van der Waals surface area contributed by atoms with Crippen molar-refractivity contribution in [3.63, 3.8) is 0 Å². The van der Waals surface area contributed by atoms with Crippen LogP contribution in [-0.2, 0) is 24.0 Å². The second-order valence-corrected chi connectivity index (χ2v) is 8.05. The number of carboxylic acid groups (broad SMARTS) is 2. The molecule has 5 amide bonds. The van der Waals surface area contributed by atoms with Crippen molar-refractivity contribution in [3.05, 3.63) is 0 Å². The zero-order valence-electron chi connectivity index (χ0n) is 19.4. The number of hydrazine groups is 1. The van der Waals surface area contributed by atoms with Gasteiger partial charge in [0.1, 0.15) is 18.1 Å². The third kappa shape index (κ3) is 6.79. The number of aliphatic carboxylic acids is 2. The van der Waals surface area contributed by atoms with E-state index in [9.17, 15) is 39.0 Å². The van der Waals surface area contributed by atoms with Crippen molar-refractivity contribution in [2.24, 2.45) is 22.4 Å². The molecule has 1 fully saturated rings. The second kappa shape index (κ2) is 11.8. The van der Waals surface area contributed by atoms with Gasteiger partial charge >= 0.3 is 18.0 Å². The first-order valence-electron chi connectivity index (χ1n) is 10.4. The van der Waals surface area contributed by atoms with Gasteiger partial charge in [0.25, 0.3) is 5.91 Å². The van der Waals surface area contributed by atoms with Crippen molar-refractivity contribution in [2.75, 3.05) is 13.6 Å². The molecule has 190 valence electrons. The van der Waals surface area contributed by atoms with Crippen LogP contribution in [-0.4, -0.2) is 98.5 Å². The highest BCUT2D eigenvalue weighted by molar-refractivity contribution is 6.06. The summed E-state index contributed by atoms with van der Waals surface area (Å²) in [6, 6.07) is -5.22. The number of nitrogens with zero attached hydrogens (tertiary/aromatic N) is 4. The lowest BCUT2D eigenvalue weighted by Crippen LogP contribution is -2.61. The Kier molecular flexibility index (Phi) is 9.77. The summed E-state index contributed by atoms with van der Waals surface area (Å²) in [7, 11) is 1.31. The number of carbonyl (C=O) groups is 6. The SMILES string of the molecule is CC(=O)N([C@@H](CC(=O)O)C(=O)N[C@H](C(=O)O)C(C)C)N1C(=O)[C@H](CCCN=C(N)N)N(C)C1=O. The maximum Gasteiger partial charge on any atom is 0.346 e. The highest BCUT2D eigenvalue weighted by Crippen LogP contribution is 2.24. The summed E-state index contributed by atoms with van der Waals surface area (Å²) in [6.45, 7) is 4.17. The molecule has 0 saturated carbocycles. The summed E-state index contributed by atoms with van der Waals surface area (Å²) in [5.41, 5.74) is 10.5. The highest BCUT2D eigenvalue weighted by Gasteiger charge is 2.50. The fraction of sp³-hybridized carbons (Fsp3) is 0.632. The monoisotopic (exact) mass is 485 g/mol. The molecule has 15 nitrogen and oxygen atoms in total. The topological polar surface area (TPSA) is 229 Å². The molecule has 0 radical (unpaired) electrons. The van der Waals surface area contributed by atoms with Gasteiger partial charge in [0.15, 0.2) is 5.96 Å². The molecule has 0 spiro atoms. The normalized spacial score (nSPS) is 17.4. The van der Waals surface area contributed by atoms with E-state index >= 15 is 0 Å². The number of hydrogen-bond acceptors (Lipinski definition) is 7. The highest BCUT2D eigenvalue weighted by atomic mass is 16.4. The summed E-state index contributed by atoms with van der Waals surface area (Å²) < 4.78 is 0. The van der Waals surface area contributed by atoms with Gasteiger partial charge in [-0.1, -0.05) is 13.8 Å². The van der Waals surface area contributed by atoms with Crippen molar-refractivity contribution in [1.82, 2.24) is 20.2 Å². The Morgan fingerprint density at radius 1 is 1.18 bits per heavy atom.